The highest BCUT2D eigenvalue weighted by atomic mass is 16.5. The van der Waals surface area contributed by atoms with Crippen LogP contribution in [0.15, 0.2) is 0 Å². The Kier molecular flexibility index (Phi) is 9.11. The first-order valence-corrected chi connectivity index (χ1v) is 8.27. The molecule has 1 fully saturated rings. The molecule has 0 spiro atoms. The number of amides is 1. The largest absolute Gasteiger partial charge is 0.381 e. The van der Waals surface area contributed by atoms with Crippen molar-refractivity contribution in [2.45, 2.75) is 61.3 Å². The number of hydrogen-bond donors (Lipinski definition) is 0. The van der Waals surface area contributed by atoms with Crippen LogP contribution in [0.1, 0.15) is 61.3 Å². The van der Waals surface area contributed by atoms with Crippen LogP contribution in [-0.2, 0) is 9.53 Å². The first kappa shape index (κ1) is 19.4. The van der Waals surface area contributed by atoms with Crippen LogP contribution in [0.2, 0.25) is 0 Å². The molecule has 0 aromatic heterocycles. The van der Waals surface area contributed by atoms with Gasteiger partial charge in [-0.25, -0.2) is 0 Å². The first-order chi connectivity index (χ1) is 9.40. The minimum absolute atomic E-state index is 0.0973. The van der Waals surface area contributed by atoms with Gasteiger partial charge in [0, 0.05) is 32.2 Å². The van der Waals surface area contributed by atoms with Gasteiger partial charge < -0.3 is 9.64 Å². The zero-order chi connectivity index (χ0) is 15.8. The summed E-state index contributed by atoms with van der Waals surface area (Å²) in [4.78, 5) is 14.6. The molecular formula is C17H35NO2. The number of rotatable bonds is 5. The second-order valence-electron chi connectivity index (χ2n) is 6.26. The Balaban J connectivity index is 0.00000172. The van der Waals surface area contributed by atoms with Gasteiger partial charge in [0.1, 0.15) is 0 Å². The summed E-state index contributed by atoms with van der Waals surface area (Å²) in [5.74, 6) is 0.944. The summed E-state index contributed by atoms with van der Waals surface area (Å²) in [6, 6.07) is 0. The molecule has 120 valence electrons. The van der Waals surface area contributed by atoms with E-state index >= 15 is 0 Å². The fourth-order valence-corrected chi connectivity index (χ4v) is 2.66. The summed E-state index contributed by atoms with van der Waals surface area (Å²) in [5, 5.41) is 0. The average molecular weight is 285 g/mol. The van der Waals surface area contributed by atoms with Crippen LogP contribution in [0.4, 0.5) is 0 Å². The van der Waals surface area contributed by atoms with Gasteiger partial charge in [-0.1, -0.05) is 41.5 Å². The Bertz CT molecular complexity index is 270. The quantitative estimate of drug-likeness (QED) is 0.765. The maximum absolute atomic E-state index is 12.6. The molecule has 1 amide bonds. The minimum Gasteiger partial charge on any atom is -0.381 e. The van der Waals surface area contributed by atoms with Crippen LogP contribution in [0.3, 0.4) is 0 Å². The van der Waals surface area contributed by atoms with Crippen LogP contribution in [0.25, 0.3) is 0 Å². The molecule has 3 heteroatoms. The van der Waals surface area contributed by atoms with Crippen LogP contribution in [0.5, 0.6) is 0 Å². The summed E-state index contributed by atoms with van der Waals surface area (Å²) in [7, 11) is 0. The highest BCUT2D eigenvalue weighted by Gasteiger charge is 2.38. The van der Waals surface area contributed by atoms with E-state index in [0.717, 1.165) is 39.1 Å². The van der Waals surface area contributed by atoms with Crippen molar-refractivity contribution >= 4 is 5.91 Å². The zero-order valence-corrected chi connectivity index (χ0v) is 14.7. The topological polar surface area (TPSA) is 29.5 Å². The molecule has 0 radical (unpaired) electrons. The molecule has 0 N–H and O–H groups in total. The normalized spacial score (nSPS) is 19.0. The SMILES string of the molecule is CC.CCN(CC(C)C)C(=O)C(C)C1(C)CCOCC1. The van der Waals surface area contributed by atoms with E-state index in [4.69, 9.17) is 4.74 Å². The molecule has 1 unspecified atom stereocenters. The lowest BCUT2D eigenvalue weighted by Gasteiger charge is -2.40. The van der Waals surface area contributed by atoms with Crippen molar-refractivity contribution in [1.29, 1.82) is 0 Å². The van der Waals surface area contributed by atoms with Gasteiger partial charge in [0.2, 0.25) is 5.91 Å². The van der Waals surface area contributed by atoms with Crippen LogP contribution < -0.4 is 0 Å². The molecule has 0 saturated carbocycles. The van der Waals surface area contributed by atoms with Crippen molar-refractivity contribution in [3.05, 3.63) is 0 Å². The molecule has 3 nitrogen and oxygen atoms in total. The summed E-state index contributed by atoms with van der Waals surface area (Å²) in [5.41, 5.74) is 0.111. The molecule has 1 atom stereocenters. The maximum atomic E-state index is 12.6. The van der Waals surface area contributed by atoms with Gasteiger partial charge in [-0.05, 0) is 31.1 Å². The van der Waals surface area contributed by atoms with E-state index in [0.29, 0.717) is 11.8 Å². The Hall–Kier alpha value is -0.570. The van der Waals surface area contributed by atoms with Crippen molar-refractivity contribution in [3.63, 3.8) is 0 Å². The van der Waals surface area contributed by atoms with Gasteiger partial charge >= 0.3 is 0 Å². The fraction of sp³-hybridized carbons (Fsp3) is 0.941. The second kappa shape index (κ2) is 9.38. The van der Waals surface area contributed by atoms with Crippen molar-refractivity contribution in [2.75, 3.05) is 26.3 Å². The lowest BCUT2D eigenvalue weighted by atomic mass is 9.71. The van der Waals surface area contributed by atoms with Gasteiger partial charge in [0.15, 0.2) is 0 Å². The van der Waals surface area contributed by atoms with Gasteiger partial charge in [0.25, 0.3) is 0 Å². The van der Waals surface area contributed by atoms with Crippen LogP contribution in [-0.4, -0.2) is 37.1 Å². The molecule has 1 heterocycles. The van der Waals surface area contributed by atoms with E-state index in [2.05, 4.69) is 34.6 Å². The fourth-order valence-electron chi connectivity index (χ4n) is 2.66. The van der Waals surface area contributed by atoms with E-state index in [1.807, 2.05) is 18.7 Å². The van der Waals surface area contributed by atoms with Crippen molar-refractivity contribution in [1.82, 2.24) is 4.90 Å². The number of carbonyl (C=O) groups excluding carboxylic acids is 1. The molecule has 0 aliphatic carbocycles. The first-order valence-electron chi connectivity index (χ1n) is 8.27. The third kappa shape index (κ3) is 5.43. The predicted octanol–water partition coefficient (Wildman–Crippen LogP) is 3.97. The highest BCUT2D eigenvalue weighted by Crippen LogP contribution is 2.38. The highest BCUT2D eigenvalue weighted by molar-refractivity contribution is 5.79. The van der Waals surface area contributed by atoms with Crippen LogP contribution in [0, 0.1) is 17.3 Å². The van der Waals surface area contributed by atoms with Crippen molar-refractivity contribution in [3.8, 4) is 0 Å². The molecular weight excluding hydrogens is 250 g/mol. The number of carbonyl (C=O) groups is 1. The van der Waals surface area contributed by atoms with E-state index < -0.39 is 0 Å². The smallest absolute Gasteiger partial charge is 0.225 e. The third-order valence-electron chi connectivity index (χ3n) is 4.33. The standard InChI is InChI=1S/C15H29NO2.C2H6/c1-6-16(11-12(2)3)14(17)13(4)15(5)7-9-18-10-8-15;1-2/h12-13H,6-11H2,1-5H3;1-2H3. The summed E-state index contributed by atoms with van der Waals surface area (Å²) >= 11 is 0. The third-order valence-corrected chi connectivity index (χ3v) is 4.33. The lowest BCUT2D eigenvalue weighted by molar-refractivity contribution is -0.142. The number of hydrogen-bond acceptors (Lipinski definition) is 2. The molecule has 1 aliphatic heterocycles. The summed E-state index contributed by atoms with van der Waals surface area (Å²) < 4.78 is 5.42. The molecule has 0 aromatic rings. The Labute approximate surface area is 126 Å². The maximum Gasteiger partial charge on any atom is 0.225 e. The Morgan fingerprint density at radius 3 is 2.10 bits per heavy atom. The number of ether oxygens (including phenoxy) is 1. The second-order valence-corrected chi connectivity index (χ2v) is 6.26. The molecule has 0 bridgehead atoms. The van der Waals surface area contributed by atoms with Crippen molar-refractivity contribution < 1.29 is 9.53 Å². The minimum atomic E-state index is 0.0973. The van der Waals surface area contributed by atoms with Gasteiger partial charge in [-0.15, -0.1) is 0 Å². The van der Waals surface area contributed by atoms with Gasteiger partial charge in [0.05, 0.1) is 0 Å². The van der Waals surface area contributed by atoms with Crippen LogP contribution >= 0.6 is 0 Å². The molecule has 1 saturated heterocycles. The molecule has 0 aromatic carbocycles. The van der Waals surface area contributed by atoms with Gasteiger partial charge in [-0.2, -0.15) is 0 Å². The summed E-state index contributed by atoms with van der Waals surface area (Å²) in [6.45, 7) is 18.0. The van der Waals surface area contributed by atoms with Gasteiger partial charge in [-0.3, -0.25) is 4.79 Å². The number of nitrogens with zero attached hydrogens (tertiary/aromatic N) is 1. The predicted molar refractivity (Wildman–Crippen MR) is 85.8 cm³/mol. The average Bonchev–Trinajstić information content (AvgIpc) is 2.46. The summed E-state index contributed by atoms with van der Waals surface area (Å²) in [6.07, 6.45) is 2.00. The van der Waals surface area contributed by atoms with E-state index in [9.17, 15) is 4.79 Å². The zero-order valence-electron chi connectivity index (χ0n) is 14.7. The van der Waals surface area contributed by atoms with E-state index in [1.165, 1.54) is 0 Å². The Morgan fingerprint density at radius 2 is 1.70 bits per heavy atom. The monoisotopic (exact) mass is 285 g/mol. The molecule has 1 rings (SSSR count). The Morgan fingerprint density at radius 1 is 1.20 bits per heavy atom. The molecule has 1 aliphatic rings. The lowest BCUT2D eigenvalue weighted by Crippen LogP contribution is -2.45. The van der Waals surface area contributed by atoms with E-state index in [1.54, 1.807) is 0 Å². The molecule has 20 heavy (non-hydrogen) atoms. The van der Waals surface area contributed by atoms with Crippen molar-refractivity contribution in [2.24, 2.45) is 17.3 Å². The van der Waals surface area contributed by atoms with E-state index in [-0.39, 0.29) is 11.3 Å².